The topological polar surface area (TPSA) is 111 Å². The van der Waals surface area contributed by atoms with Gasteiger partial charge in [0.05, 0.1) is 6.10 Å². The summed E-state index contributed by atoms with van der Waals surface area (Å²) in [6.45, 7) is 6.43. The number of likely N-dealkylation sites (N-methyl/N-ethyl adjacent to an activating group) is 1. The molecule has 2 heterocycles. The van der Waals surface area contributed by atoms with Gasteiger partial charge >= 0.3 is 0 Å². The summed E-state index contributed by atoms with van der Waals surface area (Å²) in [7, 11) is 1.90. The van der Waals surface area contributed by atoms with Gasteiger partial charge in [-0.3, -0.25) is 14.4 Å². The maximum Gasteiger partial charge on any atom is 0.255 e. The number of nitrogens with zero attached hydrogens (tertiary/aromatic N) is 2. The third kappa shape index (κ3) is 5.84. The van der Waals surface area contributed by atoms with Crippen molar-refractivity contribution in [3.63, 3.8) is 0 Å². The number of fused-ring (bicyclic) bond motifs is 1. The molecule has 4 rings (SSSR count). The Morgan fingerprint density at radius 2 is 1.79 bits per heavy atom. The molecule has 0 radical (unpaired) electrons. The summed E-state index contributed by atoms with van der Waals surface area (Å²) < 4.78 is 6.32. The molecular weight excluding hydrogens is 484 g/mol. The third-order valence-corrected chi connectivity index (χ3v) is 7.32. The first-order valence-electron chi connectivity index (χ1n) is 13.3. The molecule has 2 aromatic carbocycles. The van der Waals surface area contributed by atoms with Crippen molar-refractivity contribution >= 4 is 29.1 Å². The van der Waals surface area contributed by atoms with E-state index in [1.165, 1.54) is 0 Å². The number of carbonyl (C=O) groups is 3. The van der Waals surface area contributed by atoms with Crippen molar-refractivity contribution in [2.24, 2.45) is 0 Å². The molecule has 0 saturated carbocycles. The average molecular weight is 523 g/mol. The van der Waals surface area contributed by atoms with E-state index in [4.69, 9.17) is 9.84 Å². The fraction of sp³-hybridized carbons (Fsp3) is 0.483. The van der Waals surface area contributed by atoms with Crippen LogP contribution in [-0.2, 0) is 20.7 Å². The number of rotatable bonds is 8. The zero-order chi connectivity index (χ0) is 27.4. The van der Waals surface area contributed by atoms with Gasteiger partial charge in [0.15, 0.2) is 0 Å². The smallest absolute Gasteiger partial charge is 0.255 e. The van der Waals surface area contributed by atoms with E-state index < -0.39 is 18.8 Å². The molecule has 1 fully saturated rings. The van der Waals surface area contributed by atoms with Gasteiger partial charge < -0.3 is 30.3 Å². The monoisotopic (exact) mass is 522 g/mol. The zero-order valence-corrected chi connectivity index (χ0v) is 22.6. The molecular formula is C29H38N4O5. The number of ether oxygens (including phenoxy) is 1. The zero-order valence-electron chi connectivity index (χ0n) is 22.6. The van der Waals surface area contributed by atoms with Gasteiger partial charge in [0.2, 0.25) is 11.8 Å². The molecule has 0 aromatic heterocycles. The summed E-state index contributed by atoms with van der Waals surface area (Å²) in [6, 6.07) is 12.4. The first kappa shape index (κ1) is 27.6. The van der Waals surface area contributed by atoms with Crippen molar-refractivity contribution in [3.05, 3.63) is 59.2 Å². The van der Waals surface area contributed by atoms with E-state index in [9.17, 15) is 14.4 Å². The standard InChI is InChI=1S/C29H38N4O5/c1-5-19-15-24-22(16-23(19)31-28(36)20-9-7-6-8-10-20)27(38-18(2)3)26(32(24)4)29(37)30-21-11-13-33(14-12-21)25(35)17-34/h6-10,15-16,18,21,26-27,34H,5,11-14,17H2,1-4H3,(H,30,37)(H,31,36). The second-order valence-electron chi connectivity index (χ2n) is 10.2. The predicted octanol–water partition coefficient (Wildman–Crippen LogP) is 2.89. The van der Waals surface area contributed by atoms with Crippen molar-refractivity contribution in [3.8, 4) is 0 Å². The van der Waals surface area contributed by atoms with Crippen LogP contribution in [0, 0.1) is 0 Å². The number of hydrogen-bond donors (Lipinski definition) is 3. The van der Waals surface area contributed by atoms with Crippen LogP contribution in [0.25, 0.3) is 0 Å². The Bertz CT molecular complexity index is 1160. The Morgan fingerprint density at radius 1 is 1.11 bits per heavy atom. The number of aliphatic hydroxyl groups is 1. The molecule has 9 heteroatoms. The first-order valence-corrected chi connectivity index (χ1v) is 13.3. The Morgan fingerprint density at radius 3 is 2.39 bits per heavy atom. The summed E-state index contributed by atoms with van der Waals surface area (Å²) in [5.74, 6) is -0.601. The Kier molecular flexibility index (Phi) is 8.69. The van der Waals surface area contributed by atoms with Crippen molar-refractivity contribution < 1.29 is 24.2 Å². The number of benzene rings is 2. The number of nitrogens with one attached hydrogen (secondary N) is 2. The highest BCUT2D eigenvalue weighted by Gasteiger charge is 2.44. The van der Waals surface area contributed by atoms with E-state index in [-0.39, 0.29) is 29.9 Å². The fourth-order valence-corrected chi connectivity index (χ4v) is 5.31. The highest BCUT2D eigenvalue weighted by Crippen LogP contribution is 2.44. The molecule has 2 aliphatic heterocycles. The highest BCUT2D eigenvalue weighted by atomic mass is 16.5. The van der Waals surface area contributed by atoms with Crippen LogP contribution in [0.3, 0.4) is 0 Å². The second-order valence-corrected chi connectivity index (χ2v) is 10.2. The van der Waals surface area contributed by atoms with Crippen molar-refractivity contribution in [2.45, 2.75) is 64.3 Å². The number of likely N-dealkylation sites (tertiary alicyclic amines) is 1. The molecule has 204 valence electrons. The van der Waals surface area contributed by atoms with E-state index in [1.807, 2.05) is 63.1 Å². The van der Waals surface area contributed by atoms with Gasteiger partial charge in [0.1, 0.15) is 18.8 Å². The summed E-state index contributed by atoms with van der Waals surface area (Å²) in [6.07, 6.45) is 1.35. The van der Waals surface area contributed by atoms with Crippen molar-refractivity contribution in [1.29, 1.82) is 0 Å². The lowest BCUT2D eigenvalue weighted by Gasteiger charge is -2.34. The summed E-state index contributed by atoms with van der Waals surface area (Å²) in [5, 5.41) is 15.4. The lowest BCUT2D eigenvalue weighted by Crippen LogP contribution is -2.52. The van der Waals surface area contributed by atoms with E-state index in [0.717, 1.165) is 16.8 Å². The lowest BCUT2D eigenvalue weighted by atomic mass is 9.99. The van der Waals surface area contributed by atoms with Crippen molar-refractivity contribution in [2.75, 3.05) is 37.0 Å². The van der Waals surface area contributed by atoms with Gasteiger partial charge in [-0.05, 0) is 62.9 Å². The quantitative estimate of drug-likeness (QED) is 0.492. The Hall–Kier alpha value is -3.43. The summed E-state index contributed by atoms with van der Waals surface area (Å²) in [5.41, 5.74) is 4.04. The van der Waals surface area contributed by atoms with Crippen LogP contribution in [0.1, 0.15) is 61.2 Å². The van der Waals surface area contributed by atoms with Crippen LogP contribution in [0.4, 0.5) is 11.4 Å². The molecule has 3 N–H and O–H groups in total. The predicted molar refractivity (Wildman–Crippen MR) is 146 cm³/mol. The fourth-order valence-electron chi connectivity index (χ4n) is 5.31. The van der Waals surface area contributed by atoms with Crippen LogP contribution in [0.15, 0.2) is 42.5 Å². The van der Waals surface area contributed by atoms with Gasteiger partial charge in [0.25, 0.3) is 5.91 Å². The van der Waals surface area contributed by atoms with Gasteiger partial charge in [0, 0.05) is 48.7 Å². The van der Waals surface area contributed by atoms with Crippen LogP contribution >= 0.6 is 0 Å². The van der Waals surface area contributed by atoms with Crippen LogP contribution < -0.4 is 15.5 Å². The molecule has 3 amide bonds. The van der Waals surface area contributed by atoms with Crippen LogP contribution in [0.2, 0.25) is 0 Å². The number of aryl methyl sites for hydroxylation is 1. The normalized spacial score (nSPS) is 19.4. The lowest BCUT2D eigenvalue weighted by molar-refractivity contribution is -0.135. The van der Waals surface area contributed by atoms with E-state index in [1.54, 1.807) is 17.0 Å². The van der Waals surface area contributed by atoms with Gasteiger partial charge in [-0.1, -0.05) is 25.1 Å². The SMILES string of the molecule is CCc1cc2c(cc1NC(=O)c1ccccc1)C(OC(C)C)C(C(=O)NC1CCN(C(=O)CO)CC1)N2C. The maximum absolute atomic E-state index is 13.6. The van der Waals surface area contributed by atoms with Crippen LogP contribution in [0.5, 0.6) is 0 Å². The first-order chi connectivity index (χ1) is 18.2. The molecule has 2 aliphatic rings. The molecule has 2 aromatic rings. The van der Waals surface area contributed by atoms with E-state index in [2.05, 4.69) is 10.6 Å². The van der Waals surface area contributed by atoms with Gasteiger partial charge in [-0.25, -0.2) is 0 Å². The number of aliphatic hydroxyl groups excluding tert-OH is 1. The molecule has 0 aliphatic carbocycles. The number of carbonyl (C=O) groups excluding carboxylic acids is 3. The molecule has 9 nitrogen and oxygen atoms in total. The highest BCUT2D eigenvalue weighted by molar-refractivity contribution is 6.05. The largest absolute Gasteiger partial charge is 0.387 e. The van der Waals surface area contributed by atoms with Gasteiger partial charge in [-0.15, -0.1) is 0 Å². The third-order valence-electron chi connectivity index (χ3n) is 7.32. The van der Waals surface area contributed by atoms with E-state index in [0.29, 0.717) is 43.6 Å². The average Bonchev–Trinajstić information content (AvgIpc) is 3.18. The molecule has 1 saturated heterocycles. The number of amides is 3. The molecule has 0 spiro atoms. The van der Waals surface area contributed by atoms with Gasteiger partial charge in [-0.2, -0.15) is 0 Å². The minimum absolute atomic E-state index is 0.0611. The Labute approximate surface area is 224 Å². The second kappa shape index (κ2) is 12.0. The summed E-state index contributed by atoms with van der Waals surface area (Å²) in [4.78, 5) is 41.9. The Balaban J connectivity index is 1.56. The summed E-state index contributed by atoms with van der Waals surface area (Å²) >= 11 is 0. The van der Waals surface area contributed by atoms with E-state index >= 15 is 0 Å². The maximum atomic E-state index is 13.6. The molecule has 2 unspecified atom stereocenters. The molecule has 2 atom stereocenters. The molecule has 38 heavy (non-hydrogen) atoms. The van der Waals surface area contributed by atoms with Crippen LogP contribution in [-0.4, -0.2) is 72.7 Å². The number of hydrogen-bond acceptors (Lipinski definition) is 6. The number of anilines is 2. The minimum Gasteiger partial charge on any atom is -0.387 e. The van der Waals surface area contributed by atoms with Crippen molar-refractivity contribution in [1.82, 2.24) is 10.2 Å². The number of piperidine rings is 1. The minimum atomic E-state index is -0.575. The molecule has 0 bridgehead atoms.